The molecular formula is C24H21N5O3. The maximum absolute atomic E-state index is 13.2. The van der Waals surface area contributed by atoms with Crippen LogP contribution in [0.25, 0.3) is 10.8 Å². The van der Waals surface area contributed by atoms with E-state index in [2.05, 4.69) is 15.3 Å². The SMILES string of the molecule is CN1C(=O)[C@@H](NC(=O)c2cn(Cc3ccccc3)cn2)COc2ccc3cnccc3c21. The molecule has 0 saturated carbocycles. The molecular weight excluding hydrogens is 406 g/mol. The van der Waals surface area contributed by atoms with Crippen LogP contribution < -0.4 is 15.0 Å². The zero-order valence-corrected chi connectivity index (χ0v) is 17.4. The highest BCUT2D eigenvalue weighted by Crippen LogP contribution is 2.37. The van der Waals surface area contributed by atoms with Crippen molar-refractivity contribution in [3.05, 3.63) is 84.7 Å². The van der Waals surface area contributed by atoms with Gasteiger partial charge in [0.05, 0.1) is 12.0 Å². The molecule has 0 aliphatic carbocycles. The van der Waals surface area contributed by atoms with Gasteiger partial charge in [-0.1, -0.05) is 30.3 Å². The van der Waals surface area contributed by atoms with Crippen LogP contribution >= 0.6 is 0 Å². The molecule has 0 fully saturated rings. The number of likely N-dealkylation sites (N-methyl/N-ethyl adjacent to an activating group) is 1. The van der Waals surface area contributed by atoms with Gasteiger partial charge in [0.15, 0.2) is 0 Å². The zero-order chi connectivity index (χ0) is 22.1. The smallest absolute Gasteiger partial charge is 0.272 e. The number of amides is 2. The van der Waals surface area contributed by atoms with Crippen molar-refractivity contribution in [3.8, 4) is 5.75 Å². The minimum absolute atomic E-state index is 0.0310. The second-order valence-corrected chi connectivity index (χ2v) is 7.66. The van der Waals surface area contributed by atoms with Crippen molar-refractivity contribution in [3.63, 3.8) is 0 Å². The number of imidazole rings is 1. The molecule has 160 valence electrons. The Balaban J connectivity index is 1.33. The molecule has 1 aliphatic rings. The third-order valence-electron chi connectivity index (χ3n) is 5.50. The Morgan fingerprint density at radius 1 is 1.19 bits per heavy atom. The van der Waals surface area contributed by atoms with Gasteiger partial charge in [0.1, 0.15) is 24.1 Å². The molecule has 0 saturated heterocycles. The molecule has 1 N–H and O–H groups in total. The van der Waals surface area contributed by atoms with E-state index in [0.717, 1.165) is 16.3 Å². The Labute approximate surface area is 184 Å². The molecule has 2 amide bonds. The predicted octanol–water partition coefficient (Wildman–Crippen LogP) is 2.63. The van der Waals surface area contributed by atoms with Gasteiger partial charge in [-0.3, -0.25) is 14.6 Å². The molecule has 8 nitrogen and oxygen atoms in total. The highest BCUT2D eigenvalue weighted by molar-refractivity contribution is 6.09. The second kappa shape index (κ2) is 8.14. The first-order valence-corrected chi connectivity index (χ1v) is 10.2. The van der Waals surface area contributed by atoms with E-state index >= 15 is 0 Å². The summed E-state index contributed by atoms with van der Waals surface area (Å²) in [6.45, 7) is 0.635. The van der Waals surface area contributed by atoms with E-state index < -0.39 is 11.9 Å². The number of anilines is 1. The molecule has 2 aromatic carbocycles. The predicted molar refractivity (Wildman–Crippen MR) is 120 cm³/mol. The number of benzene rings is 2. The Hall–Kier alpha value is -4.20. The molecule has 4 aromatic rings. The normalized spacial score (nSPS) is 15.7. The van der Waals surface area contributed by atoms with Gasteiger partial charge in [0.2, 0.25) is 0 Å². The quantitative estimate of drug-likeness (QED) is 0.541. The van der Waals surface area contributed by atoms with E-state index in [9.17, 15) is 9.59 Å². The van der Waals surface area contributed by atoms with Crippen LogP contribution in [0, 0.1) is 0 Å². The number of hydrogen-bond acceptors (Lipinski definition) is 5. The fraction of sp³-hybridized carbons (Fsp3) is 0.167. The lowest BCUT2D eigenvalue weighted by atomic mass is 10.1. The van der Waals surface area contributed by atoms with Gasteiger partial charge in [-0.2, -0.15) is 0 Å². The highest BCUT2D eigenvalue weighted by atomic mass is 16.5. The summed E-state index contributed by atoms with van der Waals surface area (Å²) in [5.74, 6) is -0.0965. The van der Waals surface area contributed by atoms with Crippen LogP contribution in [0.15, 0.2) is 73.4 Å². The molecule has 3 heterocycles. The van der Waals surface area contributed by atoms with E-state index in [1.807, 2.05) is 53.1 Å². The van der Waals surface area contributed by atoms with Gasteiger partial charge in [-0.25, -0.2) is 4.98 Å². The Bertz CT molecular complexity index is 1300. The fourth-order valence-electron chi connectivity index (χ4n) is 3.88. The van der Waals surface area contributed by atoms with Crippen LogP contribution in [-0.2, 0) is 11.3 Å². The summed E-state index contributed by atoms with van der Waals surface area (Å²) in [7, 11) is 1.68. The van der Waals surface area contributed by atoms with Gasteiger partial charge in [-0.15, -0.1) is 0 Å². The molecule has 8 heteroatoms. The number of aromatic nitrogens is 3. The van der Waals surface area contributed by atoms with E-state index in [1.165, 1.54) is 4.90 Å². The third kappa shape index (κ3) is 3.66. The molecule has 5 rings (SSSR count). The second-order valence-electron chi connectivity index (χ2n) is 7.66. The van der Waals surface area contributed by atoms with Crippen LogP contribution in [-0.4, -0.2) is 46.0 Å². The third-order valence-corrected chi connectivity index (χ3v) is 5.50. The van der Waals surface area contributed by atoms with Gasteiger partial charge < -0.3 is 19.5 Å². The van der Waals surface area contributed by atoms with Crippen molar-refractivity contribution in [2.75, 3.05) is 18.6 Å². The standard InChI is InChI=1S/C24H21N5O3/c1-28-22-18-9-10-25-11-17(18)7-8-21(22)32-14-20(24(28)31)27-23(30)19-13-29(15-26-19)12-16-5-3-2-4-6-16/h2-11,13,15,20H,12,14H2,1H3,(H,27,30)/t20-/m0/s1. The largest absolute Gasteiger partial charge is 0.489 e. The number of nitrogens with one attached hydrogen (secondary N) is 1. The first-order valence-electron chi connectivity index (χ1n) is 10.2. The summed E-state index contributed by atoms with van der Waals surface area (Å²) in [5.41, 5.74) is 2.01. The van der Waals surface area contributed by atoms with Gasteiger partial charge in [0.25, 0.3) is 11.8 Å². The molecule has 2 aromatic heterocycles. The number of hydrogen-bond donors (Lipinski definition) is 1. The molecule has 0 unspecified atom stereocenters. The number of pyridine rings is 1. The summed E-state index contributed by atoms with van der Waals surface area (Å²) in [5, 5.41) is 4.54. The Morgan fingerprint density at radius 3 is 2.88 bits per heavy atom. The maximum atomic E-state index is 13.2. The van der Waals surface area contributed by atoms with Crippen molar-refractivity contribution in [1.29, 1.82) is 0 Å². The lowest BCUT2D eigenvalue weighted by Crippen LogP contribution is -2.49. The zero-order valence-electron chi connectivity index (χ0n) is 17.4. The van der Waals surface area contributed by atoms with Crippen molar-refractivity contribution >= 4 is 28.3 Å². The average molecular weight is 427 g/mol. The van der Waals surface area contributed by atoms with Crippen LogP contribution in [0.3, 0.4) is 0 Å². The molecule has 0 radical (unpaired) electrons. The van der Waals surface area contributed by atoms with Gasteiger partial charge in [0, 0.05) is 43.0 Å². The number of carbonyl (C=O) groups is 2. The van der Waals surface area contributed by atoms with Crippen molar-refractivity contribution in [2.24, 2.45) is 0 Å². The summed E-state index contributed by atoms with van der Waals surface area (Å²) in [6, 6.07) is 14.6. The lowest BCUT2D eigenvalue weighted by Gasteiger charge is -2.21. The number of nitrogens with zero attached hydrogens (tertiary/aromatic N) is 4. The number of carbonyl (C=O) groups excluding carboxylic acids is 2. The van der Waals surface area contributed by atoms with E-state index in [-0.39, 0.29) is 18.2 Å². The number of fused-ring (bicyclic) bond motifs is 3. The van der Waals surface area contributed by atoms with E-state index in [1.54, 1.807) is 32.0 Å². The van der Waals surface area contributed by atoms with Crippen LogP contribution in [0.4, 0.5) is 5.69 Å². The summed E-state index contributed by atoms with van der Waals surface area (Å²) >= 11 is 0. The number of ether oxygens (including phenoxy) is 1. The topological polar surface area (TPSA) is 89.4 Å². The van der Waals surface area contributed by atoms with Crippen LogP contribution in [0.2, 0.25) is 0 Å². The average Bonchev–Trinajstić information content (AvgIpc) is 3.25. The van der Waals surface area contributed by atoms with Gasteiger partial charge in [-0.05, 0) is 23.8 Å². The maximum Gasteiger partial charge on any atom is 0.272 e. The molecule has 32 heavy (non-hydrogen) atoms. The molecule has 1 aliphatic heterocycles. The summed E-state index contributed by atoms with van der Waals surface area (Å²) in [4.78, 5) is 35.8. The Morgan fingerprint density at radius 2 is 2.03 bits per heavy atom. The molecule has 1 atom stereocenters. The summed E-state index contributed by atoms with van der Waals surface area (Å²) in [6.07, 6.45) is 6.69. The lowest BCUT2D eigenvalue weighted by molar-refractivity contribution is -0.120. The highest BCUT2D eigenvalue weighted by Gasteiger charge is 2.32. The fourth-order valence-corrected chi connectivity index (χ4v) is 3.88. The van der Waals surface area contributed by atoms with Crippen molar-refractivity contribution < 1.29 is 14.3 Å². The summed E-state index contributed by atoms with van der Waals surface area (Å²) < 4.78 is 7.74. The molecule has 0 bridgehead atoms. The van der Waals surface area contributed by atoms with Gasteiger partial charge >= 0.3 is 0 Å². The minimum atomic E-state index is -0.837. The first kappa shape index (κ1) is 19.7. The van der Waals surface area contributed by atoms with E-state index in [4.69, 9.17) is 4.74 Å². The van der Waals surface area contributed by atoms with Crippen molar-refractivity contribution in [2.45, 2.75) is 12.6 Å². The van der Waals surface area contributed by atoms with Crippen LogP contribution in [0.1, 0.15) is 16.1 Å². The monoisotopic (exact) mass is 427 g/mol. The number of rotatable bonds is 4. The van der Waals surface area contributed by atoms with Crippen LogP contribution in [0.5, 0.6) is 5.75 Å². The van der Waals surface area contributed by atoms with Crippen molar-refractivity contribution in [1.82, 2.24) is 19.9 Å². The van der Waals surface area contributed by atoms with E-state index in [0.29, 0.717) is 18.0 Å². The Kier molecular flexibility index (Phi) is 5.03. The molecule has 0 spiro atoms. The first-order chi connectivity index (χ1) is 15.6. The minimum Gasteiger partial charge on any atom is -0.489 e.